The number of aryl methyl sites for hydroxylation is 3. The first-order valence-electron chi connectivity index (χ1n) is 12.3. The molecular formula is C28H36N4O3. The topological polar surface area (TPSA) is 76.9 Å². The molecule has 1 saturated heterocycles. The van der Waals surface area contributed by atoms with E-state index in [1.54, 1.807) is 12.0 Å². The molecule has 0 atom stereocenters. The van der Waals surface area contributed by atoms with Crippen LogP contribution in [0.2, 0.25) is 0 Å². The lowest BCUT2D eigenvalue weighted by molar-refractivity contribution is -0.131. The maximum Gasteiger partial charge on any atom is 0.241 e. The number of carbonyl (C=O) groups excluding carboxylic acids is 2. The Kier molecular flexibility index (Phi) is 9.68. The summed E-state index contributed by atoms with van der Waals surface area (Å²) < 4.78 is 5.19. The molecule has 0 N–H and O–H groups in total. The van der Waals surface area contributed by atoms with E-state index in [0.717, 1.165) is 35.5 Å². The van der Waals surface area contributed by atoms with Crippen LogP contribution in [0.15, 0.2) is 42.5 Å². The van der Waals surface area contributed by atoms with Gasteiger partial charge in [-0.25, -0.2) is 0 Å². The average molecular weight is 477 g/mol. The summed E-state index contributed by atoms with van der Waals surface area (Å²) in [7, 11) is 1.64. The van der Waals surface area contributed by atoms with Gasteiger partial charge < -0.3 is 14.5 Å². The van der Waals surface area contributed by atoms with Gasteiger partial charge in [0.25, 0.3) is 0 Å². The molecule has 3 rings (SSSR count). The molecule has 7 nitrogen and oxygen atoms in total. The van der Waals surface area contributed by atoms with Crippen LogP contribution in [-0.4, -0.2) is 68.0 Å². The zero-order chi connectivity index (χ0) is 25.2. The van der Waals surface area contributed by atoms with Crippen molar-refractivity contribution in [1.82, 2.24) is 9.80 Å². The Hall–Kier alpha value is -3.37. The Labute approximate surface area is 208 Å². The Morgan fingerprint density at radius 2 is 1.80 bits per heavy atom. The Bertz CT molecular complexity index is 1050. The highest BCUT2D eigenvalue weighted by molar-refractivity contribution is 5.95. The first-order valence-corrected chi connectivity index (χ1v) is 12.3. The molecule has 0 unspecified atom stereocenters. The van der Waals surface area contributed by atoms with Gasteiger partial charge in [0.1, 0.15) is 5.75 Å². The highest BCUT2D eigenvalue weighted by atomic mass is 16.5. The molecule has 1 aliphatic rings. The second-order valence-electron chi connectivity index (χ2n) is 9.08. The van der Waals surface area contributed by atoms with Crippen LogP contribution in [0.4, 0.5) is 5.69 Å². The number of anilines is 1. The van der Waals surface area contributed by atoms with Gasteiger partial charge in [0.05, 0.1) is 26.1 Å². The van der Waals surface area contributed by atoms with E-state index in [1.165, 1.54) is 5.56 Å². The van der Waals surface area contributed by atoms with E-state index in [1.807, 2.05) is 61.2 Å². The maximum atomic E-state index is 13.2. The summed E-state index contributed by atoms with van der Waals surface area (Å²) in [5.74, 6) is 0.952. The lowest BCUT2D eigenvalue weighted by Crippen LogP contribution is -2.42. The predicted octanol–water partition coefficient (Wildman–Crippen LogP) is 3.73. The fourth-order valence-corrected chi connectivity index (χ4v) is 4.31. The molecule has 7 heteroatoms. The van der Waals surface area contributed by atoms with Crippen LogP contribution >= 0.6 is 0 Å². The van der Waals surface area contributed by atoms with E-state index >= 15 is 0 Å². The van der Waals surface area contributed by atoms with Gasteiger partial charge in [-0.1, -0.05) is 18.2 Å². The van der Waals surface area contributed by atoms with Crippen LogP contribution in [0, 0.1) is 25.2 Å². The summed E-state index contributed by atoms with van der Waals surface area (Å²) in [6.07, 6.45) is 2.30. The highest BCUT2D eigenvalue weighted by Gasteiger charge is 2.23. The molecule has 2 aromatic rings. The van der Waals surface area contributed by atoms with Crippen molar-refractivity contribution in [2.75, 3.05) is 51.3 Å². The van der Waals surface area contributed by atoms with E-state index in [9.17, 15) is 9.59 Å². The van der Waals surface area contributed by atoms with Crippen molar-refractivity contribution in [3.8, 4) is 11.8 Å². The Morgan fingerprint density at radius 1 is 1.03 bits per heavy atom. The number of hydrogen-bond donors (Lipinski definition) is 0. The monoisotopic (exact) mass is 476 g/mol. The van der Waals surface area contributed by atoms with Crippen molar-refractivity contribution in [2.45, 2.75) is 39.5 Å². The van der Waals surface area contributed by atoms with Crippen LogP contribution in [0.5, 0.6) is 5.75 Å². The number of carbonyl (C=O) groups is 2. The molecule has 0 bridgehead atoms. The molecule has 0 aromatic heterocycles. The summed E-state index contributed by atoms with van der Waals surface area (Å²) in [6, 6.07) is 15.9. The normalized spacial score (nSPS) is 14.2. The largest absolute Gasteiger partial charge is 0.497 e. The third-order valence-corrected chi connectivity index (χ3v) is 6.64. The molecule has 35 heavy (non-hydrogen) atoms. The van der Waals surface area contributed by atoms with Gasteiger partial charge in [-0.2, -0.15) is 5.26 Å². The van der Waals surface area contributed by atoms with Crippen LogP contribution in [-0.2, 0) is 16.0 Å². The molecule has 0 radical (unpaired) electrons. The van der Waals surface area contributed by atoms with Gasteiger partial charge >= 0.3 is 0 Å². The minimum absolute atomic E-state index is 0.0113. The molecule has 2 aromatic carbocycles. The van der Waals surface area contributed by atoms with E-state index < -0.39 is 0 Å². The summed E-state index contributed by atoms with van der Waals surface area (Å²) in [4.78, 5) is 31.8. The summed E-state index contributed by atoms with van der Waals surface area (Å²) >= 11 is 0. The number of nitriles is 1. The van der Waals surface area contributed by atoms with Crippen LogP contribution < -0.4 is 9.64 Å². The fourth-order valence-electron chi connectivity index (χ4n) is 4.31. The molecule has 1 heterocycles. The van der Waals surface area contributed by atoms with Crippen LogP contribution in [0.25, 0.3) is 0 Å². The van der Waals surface area contributed by atoms with E-state index in [2.05, 4.69) is 11.0 Å². The van der Waals surface area contributed by atoms with Crippen LogP contribution in [0.1, 0.15) is 36.0 Å². The van der Waals surface area contributed by atoms with E-state index in [0.29, 0.717) is 39.0 Å². The number of amides is 2. The minimum Gasteiger partial charge on any atom is -0.497 e. The van der Waals surface area contributed by atoms with Gasteiger partial charge in [0, 0.05) is 44.8 Å². The average Bonchev–Trinajstić information content (AvgIpc) is 3.10. The number of methoxy groups -OCH3 is 1. The van der Waals surface area contributed by atoms with Crippen molar-refractivity contribution < 1.29 is 14.3 Å². The Balaban J connectivity index is 1.54. The molecule has 1 aliphatic heterocycles. The number of nitrogens with zero attached hydrogens (tertiary/aromatic N) is 4. The van der Waals surface area contributed by atoms with Crippen molar-refractivity contribution in [3.63, 3.8) is 0 Å². The quantitative estimate of drug-likeness (QED) is 0.551. The summed E-state index contributed by atoms with van der Waals surface area (Å²) in [5.41, 5.74) is 4.24. The summed E-state index contributed by atoms with van der Waals surface area (Å²) in [5, 5.41) is 9.08. The molecule has 2 amide bonds. The van der Waals surface area contributed by atoms with Gasteiger partial charge in [0.2, 0.25) is 11.8 Å². The van der Waals surface area contributed by atoms with Gasteiger partial charge in [-0.05, 0) is 67.6 Å². The molecule has 186 valence electrons. The standard InChI is InChI=1S/C28H36N4O3/c1-22-6-10-25(20-23(22)2)32(17-4-14-29)28(34)21-30-15-5-16-31(19-18-30)27(33)13-9-24-7-11-26(35-3)12-8-24/h6-8,10-12,20H,4-5,9,13,15-19,21H2,1-3H3. The highest BCUT2D eigenvalue weighted by Crippen LogP contribution is 2.20. The fraction of sp³-hybridized carbons (Fsp3) is 0.464. The number of hydrogen-bond acceptors (Lipinski definition) is 5. The van der Waals surface area contributed by atoms with Crippen molar-refractivity contribution in [2.24, 2.45) is 0 Å². The van der Waals surface area contributed by atoms with Gasteiger partial charge in [0.15, 0.2) is 0 Å². The molecule has 0 aliphatic carbocycles. The lowest BCUT2D eigenvalue weighted by atomic mass is 10.1. The van der Waals surface area contributed by atoms with Crippen LogP contribution in [0.3, 0.4) is 0 Å². The Morgan fingerprint density at radius 3 is 2.49 bits per heavy atom. The molecule has 0 saturated carbocycles. The smallest absolute Gasteiger partial charge is 0.241 e. The first-order chi connectivity index (χ1) is 16.9. The zero-order valence-electron chi connectivity index (χ0n) is 21.1. The third kappa shape index (κ3) is 7.56. The number of benzene rings is 2. The van der Waals surface area contributed by atoms with Gasteiger partial charge in [-0.15, -0.1) is 0 Å². The van der Waals surface area contributed by atoms with Crippen molar-refractivity contribution >= 4 is 17.5 Å². The van der Waals surface area contributed by atoms with E-state index in [4.69, 9.17) is 10.00 Å². The number of ether oxygens (including phenoxy) is 1. The first kappa shape index (κ1) is 26.2. The molecular weight excluding hydrogens is 440 g/mol. The molecule has 0 spiro atoms. The number of rotatable bonds is 9. The summed E-state index contributed by atoms with van der Waals surface area (Å²) in [6.45, 7) is 7.50. The molecule has 1 fully saturated rings. The predicted molar refractivity (Wildman–Crippen MR) is 137 cm³/mol. The third-order valence-electron chi connectivity index (χ3n) is 6.64. The second kappa shape index (κ2) is 12.9. The van der Waals surface area contributed by atoms with Crippen molar-refractivity contribution in [1.29, 1.82) is 5.26 Å². The minimum atomic E-state index is -0.0113. The second-order valence-corrected chi connectivity index (χ2v) is 9.08. The van der Waals surface area contributed by atoms with E-state index in [-0.39, 0.29) is 24.8 Å². The zero-order valence-corrected chi connectivity index (χ0v) is 21.1. The maximum absolute atomic E-state index is 13.2. The lowest BCUT2D eigenvalue weighted by Gasteiger charge is -2.27. The van der Waals surface area contributed by atoms with Crippen molar-refractivity contribution in [3.05, 3.63) is 59.2 Å². The van der Waals surface area contributed by atoms with Gasteiger partial charge in [-0.3, -0.25) is 14.5 Å². The SMILES string of the molecule is COc1ccc(CCC(=O)N2CCCN(CC(=O)N(CCC#N)c3ccc(C)c(C)c3)CC2)cc1.